The first-order valence-electron chi connectivity index (χ1n) is 8.72. The zero-order valence-electron chi connectivity index (χ0n) is 15.0. The van der Waals surface area contributed by atoms with Crippen molar-refractivity contribution >= 4 is 11.7 Å². The molecule has 1 aromatic carbocycles. The second-order valence-electron chi connectivity index (χ2n) is 6.43. The Morgan fingerprint density at radius 1 is 1.23 bits per heavy atom. The Morgan fingerprint density at radius 2 is 2.00 bits per heavy atom. The van der Waals surface area contributed by atoms with Crippen molar-refractivity contribution in [1.29, 1.82) is 0 Å². The van der Waals surface area contributed by atoms with Crippen molar-refractivity contribution in [2.45, 2.75) is 19.9 Å². The standard InChI is InChI=1S/C19H24FN3O3/c1-13-3-5-16(15(20)11-13)22-19(24)21-12-17(18-6-4-14(2)26-18)23-7-9-25-10-8-23/h3-6,11,17H,7-10,12H2,1-2H3,(H2,21,22,24). The zero-order chi connectivity index (χ0) is 18.5. The molecular formula is C19H24FN3O3. The van der Waals surface area contributed by atoms with Crippen LogP contribution in [-0.4, -0.2) is 43.8 Å². The molecule has 2 heterocycles. The van der Waals surface area contributed by atoms with Crippen LogP contribution in [0, 0.1) is 19.7 Å². The molecule has 1 saturated heterocycles. The molecule has 1 unspecified atom stereocenters. The molecule has 7 heteroatoms. The van der Waals surface area contributed by atoms with E-state index in [0.717, 1.165) is 30.2 Å². The summed E-state index contributed by atoms with van der Waals surface area (Å²) in [4.78, 5) is 14.4. The van der Waals surface area contributed by atoms with Crippen molar-refractivity contribution in [3.8, 4) is 0 Å². The minimum atomic E-state index is -0.452. The third-order valence-electron chi connectivity index (χ3n) is 4.40. The summed E-state index contributed by atoms with van der Waals surface area (Å²) in [5.41, 5.74) is 0.957. The van der Waals surface area contributed by atoms with E-state index in [9.17, 15) is 9.18 Å². The van der Waals surface area contributed by atoms with Crippen LogP contribution >= 0.6 is 0 Å². The van der Waals surface area contributed by atoms with Gasteiger partial charge < -0.3 is 19.8 Å². The van der Waals surface area contributed by atoms with Gasteiger partial charge >= 0.3 is 6.03 Å². The number of furan rings is 1. The molecule has 0 spiro atoms. The molecule has 140 valence electrons. The molecule has 2 amide bonds. The van der Waals surface area contributed by atoms with Crippen molar-refractivity contribution in [1.82, 2.24) is 10.2 Å². The van der Waals surface area contributed by atoms with Crippen LogP contribution in [0.25, 0.3) is 0 Å². The lowest BCUT2D eigenvalue weighted by Crippen LogP contribution is -2.44. The topological polar surface area (TPSA) is 66.7 Å². The molecule has 2 N–H and O–H groups in total. The third kappa shape index (κ3) is 4.62. The van der Waals surface area contributed by atoms with Crippen LogP contribution in [0.2, 0.25) is 0 Å². The summed E-state index contributed by atoms with van der Waals surface area (Å²) in [6.45, 7) is 6.87. The number of halogens is 1. The van der Waals surface area contributed by atoms with Gasteiger partial charge in [0.1, 0.15) is 17.3 Å². The molecular weight excluding hydrogens is 337 g/mol. The SMILES string of the molecule is Cc1ccc(NC(=O)NCC(c2ccc(C)o2)N2CCOCC2)c(F)c1. The summed E-state index contributed by atoms with van der Waals surface area (Å²) < 4.78 is 25.1. The first kappa shape index (κ1) is 18.4. The molecule has 1 atom stereocenters. The molecule has 0 radical (unpaired) electrons. The smallest absolute Gasteiger partial charge is 0.319 e. The molecule has 3 rings (SSSR count). The van der Waals surface area contributed by atoms with Gasteiger partial charge in [0.15, 0.2) is 0 Å². The summed E-state index contributed by atoms with van der Waals surface area (Å²) >= 11 is 0. The number of nitrogens with one attached hydrogen (secondary N) is 2. The number of hydrogen-bond acceptors (Lipinski definition) is 4. The van der Waals surface area contributed by atoms with Gasteiger partial charge in [-0.25, -0.2) is 9.18 Å². The number of aryl methyl sites for hydroxylation is 2. The van der Waals surface area contributed by atoms with E-state index >= 15 is 0 Å². The summed E-state index contributed by atoms with van der Waals surface area (Å²) in [6.07, 6.45) is 0. The number of amides is 2. The van der Waals surface area contributed by atoms with Gasteiger partial charge in [0.2, 0.25) is 0 Å². The normalized spacial score (nSPS) is 16.3. The molecule has 0 bridgehead atoms. The maximum Gasteiger partial charge on any atom is 0.319 e. The van der Waals surface area contributed by atoms with Gasteiger partial charge in [-0.15, -0.1) is 0 Å². The Balaban J connectivity index is 1.64. The highest BCUT2D eigenvalue weighted by Gasteiger charge is 2.25. The molecule has 1 aliphatic heterocycles. The number of rotatable bonds is 5. The van der Waals surface area contributed by atoms with Gasteiger partial charge in [-0.3, -0.25) is 4.90 Å². The molecule has 1 aliphatic rings. The van der Waals surface area contributed by atoms with E-state index in [0.29, 0.717) is 19.8 Å². The van der Waals surface area contributed by atoms with E-state index in [1.54, 1.807) is 19.1 Å². The van der Waals surface area contributed by atoms with Crippen LogP contribution in [-0.2, 0) is 4.74 Å². The Labute approximate surface area is 152 Å². The molecule has 0 saturated carbocycles. The predicted octanol–water partition coefficient (Wildman–Crippen LogP) is 3.23. The van der Waals surface area contributed by atoms with Gasteiger partial charge in [-0.1, -0.05) is 6.07 Å². The molecule has 1 aromatic heterocycles. The number of carbonyl (C=O) groups is 1. The van der Waals surface area contributed by atoms with Crippen LogP contribution in [0.3, 0.4) is 0 Å². The van der Waals surface area contributed by atoms with Crippen molar-refractivity contribution < 1.29 is 18.3 Å². The van der Waals surface area contributed by atoms with E-state index < -0.39 is 11.8 Å². The quantitative estimate of drug-likeness (QED) is 0.858. The fraction of sp³-hybridized carbons (Fsp3) is 0.421. The minimum Gasteiger partial charge on any atom is -0.465 e. The lowest BCUT2D eigenvalue weighted by Gasteiger charge is -2.33. The van der Waals surface area contributed by atoms with Crippen LogP contribution in [0.5, 0.6) is 0 Å². The number of ether oxygens (including phenoxy) is 1. The molecule has 2 aromatic rings. The first-order chi connectivity index (χ1) is 12.5. The van der Waals surface area contributed by atoms with Crippen molar-refractivity contribution in [3.63, 3.8) is 0 Å². The lowest BCUT2D eigenvalue weighted by molar-refractivity contribution is 0.0122. The molecule has 6 nitrogen and oxygen atoms in total. The van der Waals surface area contributed by atoms with Gasteiger partial charge in [-0.2, -0.15) is 0 Å². The van der Waals surface area contributed by atoms with E-state index in [1.165, 1.54) is 6.07 Å². The third-order valence-corrected chi connectivity index (χ3v) is 4.40. The second-order valence-corrected chi connectivity index (χ2v) is 6.43. The summed E-state index contributed by atoms with van der Waals surface area (Å²) in [5.74, 6) is 1.17. The maximum absolute atomic E-state index is 13.9. The largest absolute Gasteiger partial charge is 0.465 e. The van der Waals surface area contributed by atoms with Gasteiger partial charge in [0.05, 0.1) is 24.9 Å². The molecule has 26 heavy (non-hydrogen) atoms. The molecule has 1 fully saturated rings. The van der Waals surface area contributed by atoms with Crippen LogP contribution in [0.15, 0.2) is 34.7 Å². The highest BCUT2D eigenvalue weighted by molar-refractivity contribution is 5.89. The summed E-state index contributed by atoms with van der Waals surface area (Å²) in [5, 5.41) is 5.37. The number of nitrogens with zero attached hydrogens (tertiary/aromatic N) is 1. The van der Waals surface area contributed by atoms with Crippen molar-refractivity contribution in [2.75, 3.05) is 38.2 Å². The zero-order valence-corrected chi connectivity index (χ0v) is 15.0. The Morgan fingerprint density at radius 3 is 2.65 bits per heavy atom. The first-order valence-corrected chi connectivity index (χ1v) is 8.72. The number of hydrogen-bond donors (Lipinski definition) is 2. The highest BCUT2D eigenvalue weighted by atomic mass is 19.1. The number of carbonyl (C=O) groups excluding carboxylic acids is 1. The minimum absolute atomic E-state index is 0.0961. The number of anilines is 1. The van der Waals surface area contributed by atoms with Crippen LogP contribution < -0.4 is 10.6 Å². The highest BCUT2D eigenvalue weighted by Crippen LogP contribution is 2.23. The Kier molecular flexibility index (Phi) is 5.90. The maximum atomic E-state index is 13.9. The Hall–Kier alpha value is -2.38. The van der Waals surface area contributed by atoms with E-state index in [1.807, 2.05) is 19.1 Å². The van der Waals surface area contributed by atoms with E-state index in [4.69, 9.17) is 9.15 Å². The van der Waals surface area contributed by atoms with Crippen molar-refractivity contribution in [3.05, 3.63) is 53.2 Å². The van der Waals surface area contributed by atoms with Gasteiger partial charge in [-0.05, 0) is 43.7 Å². The van der Waals surface area contributed by atoms with Crippen LogP contribution in [0.4, 0.5) is 14.9 Å². The molecule has 0 aliphatic carbocycles. The predicted molar refractivity (Wildman–Crippen MR) is 96.7 cm³/mol. The Bertz CT molecular complexity index is 756. The van der Waals surface area contributed by atoms with E-state index in [2.05, 4.69) is 15.5 Å². The second kappa shape index (κ2) is 8.33. The lowest BCUT2D eigenvalue weighted by atomic mass is 10.1. The average molecular weight is 361 g/mol. The van der Waals surface area contributed by atoms with Crippen LogP contribution in [0.1, 0.15) is 23.1 Å². The fourth-order valence-corrected chi connectivity index (χ4v) is 3.01. The average Bonchev–Trinajstić information content (AvgIpc) is 3.05. The monoisotopic (exact) mass is 361 g/mol. The summed E-state index contributed by atoms with van der Waals surface area (Å²) in [6, 6.07) is 7.98. The van der Waals surface area contributed by atoms with Gasteiger partial charge in [0, 0.05) is 19.6 Å². The number of urea groups is 1. The fourth-order valence-electron chi connectivity index (χ4n) is 3.01. The number of benzene rings is 1. The van der Waals surface area contributed by atoms with Gasteiger partial charge in [0.25, 0.3) is 0 Å². The van der Waals surface area contributed by atoms with E-state index in [-0.39, 0.29) is 11.7 Å². The van der Waals surface area contributed by atoms with Crippen molar-refractivity contribution in [2.24, 2.45) is 0 Å². The number of morpholine rings is 1. The summed E-state index contributed by atoms with van der Waals surface area (Å²) in [7, 11) is 0.